The normalized spacial score (nSPS) is 16.2. The minimum absolute atomic E-state index is 0.113. The van der Waals surface area contributed by atoms with Gasteiger partial charge in [-0.25, -0.2) is 21.5 Å². The van der Waals surface area contributed by atoms with Gasteiger partial charge in [0.15, 0.2) is 17.4 Å². The summed E-state index contributed by atoms with van der Waals surface area (Å²) in [7, 11) is -4.42. The number of nitrogens with one attached hydrogen (secondary N) is 1. The van der Waals surface area contributed by atoms with Gasteiger partial charge in [-0.15, -0.1) is 0 Å². The van der Waals surface area contributed by atoms with Crippen molar-refractivity contribution in [3.63, 3.8) is 0 Å². The lowest BCUT2D eigenvalue weighted by Gasteiger charge is -2.31. The smallest absolute Gasteiger partial charge is 0.265 e. The lowest BCUT2D eigenvalue weighted by molar-refractivity contribution is -0.116. The van der Waals surface area contributed by atoms with Crippen LogP contribution in [-0.2, 0) is 14.8 Å². The average molecular weight is 470 g/mol. The molecule has 1 aliphatic rings. The Labute approximate surface area is 187 Å². The number of carbonyl (C=O) groups excluding carboxylic acids is 2. The van der Waals surface area contributed by atoms with Crippen LogP contribution >= 0.6 is 0 Å². The van der Waals surface area contributed by atoms with Crippen LogP contribution in [0.1, 0.15) is 15.9 Å². The van der Waals surface area contributed by atoms with Crippen LogP contribution in [-0.4, -0.2) is 36.1 Å². The van der Waals surface area contributed by atoms with E-state index in [1.54, 1.807) is 18.2 Å². The first kappa shape index (κ1) is 22.2. The van der Waals surface area contributed by atoms with Gasteiger partial charge in [-0.3, -0.25) is 9.59 Å². The molecule has 1 aliphatic heterocycles. The van der Waals surface area contributed by atoms with Crippen molar-refractivity contribution in [2.75, 3.05) is 11.9 Å². The quantitative estimate of drug-likeness (QED) is 0.447. The van der Waals surface area contributed by atoms with Gasteiger partial charge < -0.3 is 10.4 Å². The molecule has 168 valence electrons. The standard InChI is InChI=1S/C23H16F2N2O5S/c24-17-11-10-15(12-18(17)25)26-20(28)13-27-21(22(29)14-6-2-1-3-7-14)23(30)16-8-4-5-9-19(16)33(27,31)32/h1-12,29H,13H2,(H,26,28)/b22-21+. The van der Waals surface area contributed by atoms with Gasteiger partial charge >= 0.3 is 0 Å². The summed E-state index contributed by atoms with van der Waals surface area (Å²) in [4.78, 5) is 25.5. The Hall–Kier alpha value is -4.05. The second-order valence-electron chi connectivity index (χ2n) is 7.08. The Morgan fingerprint density at radius 3 is 2.30 bits per heavy atom. The number of fused-ring (bicyclic) bond motifs is 1. The Bertz CT molecular complexity index is 1410. The topological polar surface area (TPSA) is 104 Å². The van der Waals surface area contributed by atoms with Gasteiger partial charge in [-0.05, 0) is 24.3 Å². The molecule has 0 saturated heterocycles. The van der Waals surface area contributed by atoms with Gasteiger partial charge in [0.25, 0.3) is 10.0 Å². The lowest BCUT2D eigenvalue weighted by Crippen LogP contribution is -2.43. The van der Waals surface area contributed by atoms with Gasteiger partial charge in [-0.2, -0.15) is 0 Å². The molecule has 4 rings (SSSR count). The van der Waals surface area contributed by atoms with E-state index in [1.807, 2.05) is 0 Å². The van der Waals surface area contributed by atoms with E-state index in [4.69, 9.17) is 0 Å². The summed E-state index contributed by atoms with van der Waals surface area (Å²) in [5.41, 5.74) is -0.688. The third-order valence-corrected chi connectivity index (χ3v) is 6.73. The van der Waals surface area contributed by atoms with Crippen molar-refractivity contribution in [2.45, 2.75) is 4.90 Å². The molecule has 2 N–H and O–H groups in total. The third kappa shape index (κ3) is 4.08. The number of Topliss-reactive ketones (excluding diaryl/α,β-unsaturated/α-hetero) is 1. The number of aliphatic hydroxyl groups is 1. The van der Waals surface area contributed by atoms with Crippen LogP contribution in [0, 0.1) is 11.6 Å². The van der Waals surface area contributed by atoms with Crippen LogP contribution in [0.5, 0.6) is 0 Å². The van der Waals surface area contributed by atoms with Gasteiger partial charge in [0.1, 0.15) is 12.2 Å². The molecule has 0 fully saturated rings. The number of aliphatic hydroxyl groups excluding tert-OH is 1. The molecule has 0 spiro atoms. The molecule has 1 amide bonds. The zero-order valence-electron chi connectivity index (χ0n) is 16.8. The molecule has 7 nitrogen and oxygen atoms in total. The lowest BCUT2D eigenvalue weighted by atomic mass is 10.0. The summed E-state index contributed by atoms with van der Waals surface area (Å²) in [6, 6.07) is 15.9. The van der Waals surface area contributed by atoms with Gasteiger partial charge in [-0.1, -0.05) is 42.5 Å². The van der Waals surface area contributed by atoms with Crippen molar-refractivity contribution < 1.29 is 31.9 Å². The SMILES string of the molecule is O=C(CN1/C(=C(/O)c2ccccc2)C(=O)c2ccccc2S1(=O)=O)Nc1ccc(F)c(F)c1. The largest absolute Gasteiger partial charge is 0.505 e. The first-order chi connectivity index (χ1) is 15.7. The van der Waals surface area contributed by atoms with Gasteiger partial charge in [0.2, 0.25) is 11.7 Å². The second-order valence-corrected chi connectivity index (χ2v) is 8.91. The van der Waals surface area contributed by atoms with Crippen molar-refractivity contribution in [3.8, 4) is 0 Å². The molecule has 0 unspecified atom stereocenters. The molecular formula is C23H16F2N2O5S. The summed E-state index contributed by atoms with van der Waals surface area (Å²) in [5, 5.41) is 13.1. The number of halogens is 2. The minimum atomic E-state index is -4.42. The first-order valence-electron chi connectivity index (χ1n) is 9.60. The van der Waals surface area contributed by atoms with Crippen molar-refractivity contribution >= 4 is 33.2 Å². The number of amides is 1. The number of sulfonamides is 1. The number of nitrogens with zero attached hydrogens (tertiary/aromatic N) is 1. The number of carbonyl (C=O) groups is 2. The van der Waals surface area contributed by atoms with Crippen LogP contribution in [0.2, 0.25) is 0 Å². The van der Waals surface area contributed by atoms with E-state index in [9.17, 15) is 31.9 Å². The fourth-order valence-electron chi connectivity index (χ4n) is 3.39. The van der Waals surface area contributed by atoms with Gasteiger partial charge in [0, 0.05) is 22.9 Å². The number of anilines is 1. The fourth-order valence-corrected chi connectivity index (χ4v) is 5.01. The Morgan fingerprint density at radius 1 is 0.939 bits per heavy atom. The predicted octanol–water partition coefficient (Wildman–Crippen LogP) is 3.72. The molecule has 10 heteroatoms. The van der Waals surface area contributed by atoms with E-state index in [2.05, 4.69) is 5.32 Å². The number of allylic oxidation sites excluding steroid dienone is 1. The molecule has 3 aromatic rings. The summed E-state index contributed by atoms with van der Waals surface area (Å²) in [6.45, 7) is -0.895. The van der Waals surface area contributed by atoms with Crippen LogP contribution in [0.15, 0.2) is 83.4 Å². The summed E-state index contributed by atoms with van der Waals surface area (Å²) < 4.78 is 53.8. The third-order valence-electron chi connectivity index (χ3n) is 4.93. The zero-order valence-corrected chi connectivity index (χ0v) is 17.6. The fraction of sp³-hybridized carbons (Fsp3) is 0.0435. The van der Waals surface area contributed by atoms with E-state index in [0.29, 0.717) is 4.31 Å². The van der Waals surface area contributed by atoms with E-state index in [1.165, 1.54) is 36.4 Å². The highest BCUT2D eigenvalue weighted by Crippen LogP contribution is 2.35. The van der Waals surface area contributed by atoms with Gasteiger partial charge in [0.05, 0.1) is 4.90 Å². The van der Waals surface area contributed by atoms with Crippen LogP contribution in [0.3, 0.4) is 0 Å². The van der Waals surface area contributed by atoms with E-state index in [-0.39, 0.29) is 21.7 Å². The minimum Gasteiger partial charge on any atom is -0.505 e. The Balaban J connectivity index is 1.79. The second kappa shape index (κ2) is 8.47. The van der Waals surface area contributed by atoms with E-state index < -0.39 is 51.3 Å². The Kier molecular flexibility index (Phi) is 5.69. The average Bonchev–Trinajstić information content (AvgIpc) is 2.80. The molecule has 0 bridgehead atoms. The highest BCUT2D eigenvalue weighted by atomic mass is 32.2. The monoisotopic (exact) mass is 470 g/mol. The molecule has 1 heterocycles. The molecule has 0 radical (unpaired) electrons. The van der Waals surface area contributed by atoms with Crippen molar-refractivity contribution in [3.05, 3.63) is 101 Å². The molecule has 0 aliphatic carbocycles. The number of hydrogen-bond donors (Lipinski definition) is 2. The molecule has 3 aromatic carbocycles. The number of hydrogen-bond acceptors (Lipinski definition) is 5. The molecule has 33 heavy (non-hydrogen) atoms. The Morgan fingerprint density at radius 2 is 1.61 bits per heavy atom. The van der Waals surface area contributed by atoms with Crippen molar-refractivity contribution in [1.29, 1.82) is 0 Å². The van der Waals surface area contributed by atoms with Crippen LogP contribution in [0.4, 0.5) is 14.5 Å². The number of benzene rings is 3. The van der Waals surface area contributed by atoms with Crippen molar-refractivity contribution in [1.82, 2.24) is 4.31 Å². The van der Waals surface area contributed by atoms with Crippen LogP contribution < -0.4 is 5.32 Å². The molecule has 0 saturated carbocycles. The molecular weight excluding hydrogens is 454 g/mol. The predicted molar refractivity (Wildman–Crippen MR) is 116 cm³/mol. The maximum Gasteiger partial charge on any atom is 0.265 e. The highest BCUT2D eigenvalue weighted by Gasteiger charge is 2.42. The summed E-state index contributed by atoms with van der Waals surface area (Å²) >= 11 is 0. The summed E-state index contributed by atoms with van der Waals surface area (Å²) in [6.07, 6.45) is 0. The van der Waals surface area contributed by atoms with E-state index >= 15 is 0 Å². The summed E-state index contributed by atoms with van der Waals surface area (Å²) in [5.74, 6) is -4.67. The van der Waals surface area contributed by atoms with Crippen LogP contribution in [0.25, 0.3) is 5.76 Å². The first-order valence-corrected chi connectivity index (χ1v) is 11.0. The zero-order chi connectivity index (χ0) is 23.8. The highest BCUT2D eigenvalue weighted by molar-refractivity contribution is 7.89. The van der Waals surface area contributed by atoms with E-state index in [0.717, 1.165) is 18.2 Å². The maximum atomic E-state index is 13.5. The number of ketones is 1. The molecule has 0 atom stereocenters. The molecule has 0 aromatic heterocycles. The number of rotatable bonds is 4. The maximum absolute atomic E-state index is 13.5. The van der Waals surface area contributed by atoms with Crippen molar-refractivity contribution in [2.24, 2.45) is 0 Å².